The molecule has 2 heterocycles. The van der Waals surface area contributed by atoms with E-state index in [2.05, 4.69) is 0 Å². The third-order valence-corrected chi connectivity index (χ3v) is 6.57. The Morgan fingerprint density at radius 3 is 2.38 bits per heavy atom. The van der Waals surface area contributed by atoms with E-state index in [1.807, 2.05) is 0 Å². The monoisotopic (exact) mass is 563 g/mol. The predicted molar refractivity (Wildman–Crippen MR) is 125 cm³/mol. The van der Waals surface area contributed by atoms with Gasteiger partial charge in [-0.3, -0.25) is 0 Å². The number of carbonyl (C=O) groups is 2. The Morgan fingerprint density at radius 2 is 1.74 bits per heavy atom. The molecule has 0 aliphatic carbocycles. The van der Waals surface area contributed by atoms with Gasteiger partial charge in [-0.25, -0.2) is 9.59 Å². The molecule has 2 aliphatic rings. The van der Waals surface area contributed by atoms with Crippen LogP contribution in [0.25, 0.3) is 0 Å². The molecule has 3 rings (SSSR count). The van der Waals surface area contributed by atoms with Crippen LogP contribution in [0.2, 0.25) is 0 Å². The molecule has 0 spiro atoms. The molecule has 11 N–H and O–H groups in total. The number of benzene rings is 1. The van der Waals surface area contributed by atoms with E-state index in [0.717, 1.165) is 6.07 Å². The van der Waals surface area contributed by atoms with Gasteiger partial charge in [-0.05, 0) is 18.2 Å². The Bertz CT molecular complexity index is 998. The number of aliphatic hydroxyl groups is 6. The first-order valence-electron chi connectivity index (χ1n) is 12.1. The van der Waals surface area contributed by atoms with Crippen LogP contribution in [0.5, 0.6) is 5.75 Å². The van der Waals surface area contributed by atoms with E-state index in [1.54, 1.807) is 12.4 Å². The zero-order valence-electron chi connectivity index (χ0n) is 21.1. The second kappa shape index (κ2) is 13.1. The Morgan fingerprint density at radius 1 is 1.05 bits per heavy atom. The molecule has 220 valence electrons. The highest BCUT2D eigenvalue weighted by atomic mass is 16.7. The molecule has 0 bridgehead atoms. The summed E-state index contributed by atoms with van der Waals surface area (Å²) in [5, 5.41) is 72.5. The van der Waals surface area contributed by atoms with Gasteiger partial charge in [0.1, 0.15) is 41.8 Å². The number of nitrogen functional groups attached to an aromatic ring is 1. The molecular weight excluding hydrogens is 528 g/mol. The summed E-state index contributed by atoms with van der Waals surface area (Å²) in [6, 6.07) is 2.94. The van der Waals surface area contributed by atoms with Gasteiger partial charge in [0.05, 0.1) is 32.3 Å². The van der Waals surface area contributed by atoms with Crippen molar-refractivity contribution in [3.8, 4) is 5.75 Å². The second-order valence-electron chi connectivity index (χ2n) is 9.23. The molecule has 2 aliphatic heterocycles. The molecule has 16 nitrogen and oxygen atoms in total. The number of hydrogen-bond donors (Lipinski definition) is 9. The molecule has 16 heteroatoms. The summed E-state index contributed by atoms with van der Waals surface area (Å²) in [6.45, 7) is 0.202. The quantitative estimate of drug-likeness (QED) is 0.0590. The van der Waals surface area contributed by atoms with Crippen LogP contribution in [-0.2, 0) is 28.5 Å². The van der Waals surface area contributed by atoms with E-state index >= 15 is 0 Å². The summed E-state index contributed by atoms with van der Waals surface area (Å²) in [4.78, 5) is 25.0. The summed E-state index contributed by atoms with van der Waals surface area (Å²) in [5.41, 5.74) is 5.47. The minimum atomic E-state index is -1.96. The van der Waals surface area contributed by atoms with Crippen molar-refractivity contribution in [1.82, 2.24) is 0 Å². The standard InChI is InChI=1S/C23H34N2O14/c1-8(36-20(32)10-5-9(24)3-4-12(10)27)37-22(34)19-17(30)16(29)18(31)23(39-19)35-7-11-14(25-2)21(33)38-13(6-26)15(11)28/h3-5,8,11,13-19,21,23,25-31,33H,6-7,24H2,1-2H3/p+1/t8?,11-,13?,14?,15+,16+,17-,18?,19?,21+,23+/m0/s1. The normalized spacial score (nSPS) is 35.7. The minimum absolute atomic E-state index is 0.166. The minimum Gasteiger partial charge on any atom is -0.507 e. The molecule has 0 aromatic heterocycles. The van der Waals surface area contributed by atoms with Gasteiger partial charge in [0.15, 0.2) is 12.4 Å². The molecule has 11 atom stereocenters. The highest BCUT2D eigenvalue weighted by Gasteiger charge is 2.51. The zero-order valence-corrected chi connectivity index (χ0v) is 21.1. The number of anilines is 1. The number of rotatable bonds is 9. The Kier molecular flexibility index (Phi) is 10.4. The van der Waals surface area contributed by atoms with Crippen LogP contribution in [-0.4, -0.2) is 129 Å². The Balaban J connectivity index is 1.64. The second-order valence-corrected chi connectivity index (χ2v) is 9.23. The van der Waals surface area contributed by atoms with E-state index in [4.69, 9.17) is 29.4 Å². The van der Waals surface area contributed by atoms with Crippen LogP contribution in [0, 0.1) is 5.92 Å². The molecule has 0 saturated carbocycles. The molecule has 1 aromatic carbocycles. The Hall–Kier alpha value is -2.64. The third kappa shape index (κ3) is 6.93. The van der Waals surface area contributed by atoms with Gasteiger partial charge in [0, 0.05) is 12.6 Å². The SMILES string of the molecule is C[NH2+]C1[C@H](O)OC(CO)[C@H](O)[C@H]1CO[C@@H]1OC(C(=O)OC(C)OC(=O)c2cc(N)ccc2O)[C@@H](O)[C@@H](O)C1O. The van der Waals surface area contributed by atoms with Gasteiger partial charge in [-0.15, -0.1) is 0 Å². The molecule has 5 unspecified atom stereocenters. The van der Waals surface area contributed by atoms with Crippen LogP contribution in [0.3, 0.4) is 0 Å². The largest absolute Gasteiger partial charge is 0.507 e. The molecule has 2 saturated heterocycles. The summed E-state index contributed by atoms with van der Waals surface area (Å²) in [5.74, 6) is -3.61. The van der Waals surface area contributed by atoms with Crippen LogP contribution in [0.15, 0.2) is 18.2 Å². The number of nitrogens with two attached hydrogens (primary N) is 2. The number of carbonyl (C=O) groups excluding carboxylic acids is 2. The molecule has 1 aromatic rings. The van der Waals surface area contributed by atoms with Gasteiger partial charge >= 0.3 is 11.9 Å². The van der Waals surface area contributed by atoms with Crippen molar-refractivity contribution in [2.45, 2.75) is 68.5 Å². The average molecular weight is 564 g/mol. The topological polar surface area (TPSA) is 265 Å². The van der Waals surface area contributed by atoms with Crippen LogP contribution < -0.4 is 11.1 Å². The van der Waals surface area contributed by atoms with E-state index in [1.165, 1.54) is 19.1 Å². The predicted octanol–water partition coefficient (Wildman–Crippen LogP) is -4.91. The van der Waals surface area contributed by atoms with Crippen molar-refractivity contribution >= 4 is 17.6 Å². The fraction of sp³-hybridized carbons (Fsp3) is 0.652. The first kappa shape index (κ1) is 30.9. The molecule has 0 amide bonds. The van der Waals surface area contributed by atoms with Crippen molar-refractivity contribution in [2.75, 3.05) is 26.0 Å². The van der Waals surface area contributed by atoms with Gasteiger partial charge in [-0.2, -0.15) is 0 Å². The smallest absolute Gasteiger partial charge is 0.345 e. The number of aromatic hydroxyl groups is 1. The maximum absolute atomic E-state index is 12.7. The number of esters is 2. The van der Waals surface area contributed by atoms with Gasteiger partial charge < -0.3 is 70.5 Å². The van der Waals surface area contributed by atoms with Crippen molar-refractivity contribution in [3.63, 3.8) is 0 Å². The highest BCUT2D eigenvalue weighted by molar-refractivity contribution is 5.93. The number of hydrogen-bond acceptors (Lipinski definition) is 15. The lowest BCUT2D eigenvalue weighted by molar-refractivity contribution is -0.694. The maximum Gasteiger partial charge on any atom is 0.345 e. The highest BCUT2D eigenvalue weighted by Crippen LogP contribution is 2.28. The lowest BCUT2D eigenvalue weighted by Gasteiger charge is -2.42. The van der Waals surface area contributed by atoms with Crippen molar-refractivity contribution in [2.24, 2.45) is 5.92 Å². The number of quaternary nitrogens is 1. The van der Waals surface area contributed by atoms with Crippen molar-refractivity contribution in [1.29, 1.82) is 0 Å². The van der Waals surface area contributed by atoms with Crippen molar-refractivity contribution < 1.29 is 74.3 Å². The van der Waals surface area contributed by atoms with E-state index in [-0.39, 0.29) is 17.9 Å². The van der Waals surface area contributed by atoms with E-state index in [0.29, 0.717) is 0 Å². The fourth-order valence-corrected chi connectivity index (χ4v) is 4.41. The number of phenols is 1. The van der Waals surface area contributed by atoms with Crippen molar-refractivity contribution in [3.05, 3.63) is 23.8 Å². The van der Waals surface area contributed by atoms with Gasteiger partial charge in [-0.1, -0.05) is 0 Å². The molecule has 0 radical (unpaired) electrons. The number of ether oxygens (including phenoxy) is 5. The summed E-state index contributed by atoms with van der Waals surface area (Å²) in [7, 11) is 1.61. The van der Waals surface area contributed by atoms with Gasteiger partial charge in [0.25, 0.3) is 0 Å². The maximum atomic E-state index is 12.7. The summed E-state index contributed by atoms with van der Waals surface area (Å²) in [6.07, 6.45) is -14.6. The number of likely N-dealkylation sites (N-methyl/N-ethyl adjacent to an activating group) is 1. The van der Waals surface area contributed by atoms with Crippen LogP contribution >= 0.6 is 0 Å². The van der Waals surface area contributed by atoms with E-state index < -0.39 is 91.7 Å². The number of aliphatic hydroxyl groups excluding tert-OH is 6. The molecular formula is C23H35N2O14+. The summed E-state index contributed by atoms with van der Waals surface area (Å²) >= 11 is 0. The molecule has 2 fully saturated rings. The van der Waals surface area contributed by atoms with E-state index in [9.17, 15) is 45.3 Å². The van der Waals surface area contributed by atoms with Crippen LogP contribution in [0.1, 0.15) is 17.3 Å². The lowest BCUT2D eigenvalue weighted by Crippen LogP contribution is -2.93. The lowest BCUT2D eigenvalue weighted by atomic mass is 9.88. The first-order valence-corrected chi connectivity index (χ1v) is 12.1. The average Bonchev–Trinajstić information content (AvgIpc) is 2.89. The van der Waals surface area contributed by atoms with Crippen LogP contribution in [0.4, 0.5) is 5.69 Å². The van der Waals surface area contributed by atoms with Gasteiger partial charge in [0.2, 0.25) is 12.6 Å². The first-order chi connectivity index (χ1) is 18.4. The number of phenolic OH excluding ortho intramolecular Hbond substituents is 1. The fourth-order valence-electron chi connectivity index (χ4n) is 4.41. The third-order valence-electron chi connectivity index (χ3n) is 6.57. The summed E-state index contributed by atoms with van der Waals surface area (Å²) < 4.78 is 26.0. The Labute approximate surface area is 222 Å². The molecule has 39 heavy (non-hydrogen) atoms. The zero-order chi connectivity index (χ0) is 29.0.